The van der Waals surface area contributed by atoms with Crippen LogP contribution in [-0.2, 0) is 11.5 Å². The summed E-state index contributed by atoms with van der Waals surface area (Å²) in [6, 6.07) is 6.06. The number of anilines is 1. The number of benzene rings is 1. The Morgan fingerprint density at radius 1 is 1.28 bits per heavy atom. The fourth-order valence-corrected chi connectivity index (χ4v) is 3.81. The molecule has 1 aromatic carbocycles. The molecule has 2 aromatic rings. The summed E-state index contributed by atoms with van der Waals surface area (Å²) in [7, 11) is -1.12. The number of hydrogen-bond acceptors (Lipinski definition) is 5. The minimum Gasteiger partial charge on any atom is -0.360 e. The van der Waals surface area contributed by atoms with Crippen molar-refractivity contribution in [1.82, 2.24) is 9.78 Å². The van der Waals surface area contributed by atoms with Gasteiger partial charge in [0.25, 0.3) is 5.69 Å². The van der Waals surface area contributed by atoms with Crippen LogP contribution in [-0.4, -0.2) is 42.5 Å². The van der Waals surface area contributed by atoms with Crippen LogP contribution >= 0.6 is 0 Å². The Kier molecular flexibility index (Phi) is 5.10. The predicted molar refractivity (Wildman–Crippen MR) is 102 cm³/mol. The largest absolute Gasteiger partial charge is 0.360 e. The van der Waals surface area contributed by atoms with Gasteiger partial charge in [0.2, 0.25) is 0 Å². The third-order valence-electron chi connectivity index (χ3n) is 4.54. The van der Waals surface area contributed by atoms with Gasteiger partial charge in [-0.1, -0.05) is 19.6 Å². The highest BCUT2D eigenvalue weighted by Crippen LogP contribution is 2.31. The molecule has 0 atom stereocenters. The van der Waals surface area contributed by atoms with Crippen LogP contribution in [0.5, 0.6) is 0 Å². The van der Waals surface area contributed by atoms with Gasteiger partial charge in [0.1, 0.15) is 6.73 Å². The van der Waals surface area contributed by atoms with Crippen LogP contribution in [0.4, 0.5) is 11.5 Å². The van der Waals surface area contributed by atoms with Crippen LogP contribution in [0.15, 0.2) is 18.2 Å². The van der Waals surface area contributed by atoms with Gasteiger partial charge in [0.15, 0.2) is 5.82 Å². The van der Waals surface area contributed by atoms with Crippen molar-refractivity contribution in [2.45, 2.75) is 45.3 Å². The molecular formula is C17H26N4O3Si. The lowest BCUT2D eigenvalue weighted by molar-refractivity contribution is -0.384. The number of nitro benzene ring substituents is 1. The van der Waals surface area contributed by atoms with E-state index >= 15 is 0 Å². The molecule has 2 heterocycles. The molecule has 0 N–H and O–H groups in total. The number of nitro groups is 1. The lowest BCUT2D eigenvalue weighted by atomic mass is 10.2. The molecule has 0 unspecified atom stereocenters. The average Bonchev–Trinajstić information content (AvgIpc) is 3.17. The Bertz CT molecular complexity index is 763. The molecule has 1 aliphatic rings. The van der Waals surface area contributed by atoms with E-state index in [0.717, 1.165) is 55.3 Å². The highest BCUT2D eigenvalue weighted by molar-refractivity contribution is 6.76. The fourth-order valence-electron chi connectivity index (χ4n) is 3.05. The van der Waals surface area contributed by atoms with E-state index < -0.39 is 8.07 Å². The van der Waals surface area contributed by atoms with Crippen molar-refractivity contribution in [2.24, 2.45) is 0 Å². The lowest BCUT2D eigenvalue weighted by Crippen LogP contribution is -2.22. The number of rotatable bonds is 7. The fraction of sp³-hybridized carbons (Fsp3) is 0.588. The first-order valence-corrected chi connectivity index (χ1v) is 12.5. The number of non-ortho nitro benzene ring substituents is 1. The number of hydrogen-bond donors (Lipinski definition) is 0. The minimum absolute atomic E-state index is 0.104. The number of nitrogens with zero attached hydrogens (tertiary/aromatic N) is 4. The van der Waals surface area contributed by atoms with E-state index in [2.05, 4.69) is 24.5 Å². The van der Waals surface area contributed by atoms with Gasteiger partial charge in [-0.15, -0.1) is 0 Å². The van der Waals surface area contributed by atoms with Crippen molar-refractivity contribution in [3.05, 3.63) is 28.3 Å². The van der Waals surface area contributed by atoms with Gasteiger partial charge in [0.05, 0.1) is 15.8 Å². The van der Waals surface area contributed by atoms with Gasteiger partial charge in [-0.2, -0.15) is 5.10 Å². The Balaban J connectivity index is 1.86. The summed E-state index contributed by atoms with van der Waals surface area (Å²) in [5.41, 5.74) is 0.993. The maximum atomic E-state index is 11.1. The maximum absolute atomic E-state index is 11.1. The summed E-state index contributed by atoms with van der Waals surface area (Å²) in [4.78, 5) is 13.0. The van der Waals surface area contributed by atoms with Crippen LogP contribution in [0.1, 0.15) is 12.8 Å². The van der Waals surface area contributed by atoms with Gasteiger partial charge >= 0.3 is 0 Å². The molecule has 1 fully saturated rings. The summed E-state index contributed by atoms with van der Waals surface area (Å²) in [5.74, 6) is 0.838. The van der Waals surface area contributed by atoms with Crippen molar-refractivity contribution >= 4 is 30.5 Å². The summed E-state index contributed by atoms with van der Waals surface area (Å²) in [6.45, 7) is 9.98. The average molecular weight is 363 g/mol. The van der Waals surface area contributed by atoms with E-state index in [-0.39, 0.29) is 10.6 Å². The molecule has 1 aromatic heterocycles. The molecule has 0 aliphatic carbocycles. The highest BCUT2D eigenvalue weighted by Gasteiger charge is 2.22. The van der Waals surface area contributed by atoms with Crippen LogP contribution < -0.4 is 4.90 Å². The SMILES string of the molecule is C[Si](C)(C)CCOCn1nc(N2CCCC2)c2cc([N+](=O)[O-])ccc21. The minimum atomic E-state index is -1.12. The van der Waals surface area contributed by atoms with Gasteiger partial charge in [0, 0.05) is 39.9 Å². The quantitative estimate of drug-likeness (QED) is 0.324. The Morgan fingerprint density at radius 2 is 2.00 bits per heavy atom. The smallest absolute Gasteiger partial charge is 0.270 e. The molecule has 3 rings (SSSR count). The molecule has 0 bridgehead atoms. The van der Waals surface area contributed by atoms with E-state index in [0.29, 0.717) is 6.73 Å². The first kappa shape index (κ1) is 17.9. The zero-order chi connectivity index (χ0) is 18.0. The third kappa shape index (κ3) is 4.19. The van der Waals surface area contributed by atoms with Crippen molar-refractivity contribution < 1.29 is 9.66 Å². The summed E-state index contributed by atoms with van der Waals surface area (Å²) < 4.78 is 7.67. The molecule has 1 saturated heterocycles. The normalized spacial score (nSPS) is 15.2. The van der Waals surface area contributed by atoms with Gasteiger partial charge in [-0.25, -0.2) is 4.68 Å². The number of fused-ring (bicyclic) bond motifs is 1. The standard InChI is InChI=1S/C17H26N4O3Si/c1-25(2,3)11-10-24-13-20-16-7-6-14(21(22)23)12-15(16)17(18-20)19-8-4-5-9-19/h6-7,12H,4-5,8-11,13H2,1-3H3. The molecule has 0 saturated carbocycles. The first-order valence-electron chi connectivity index (χ1n) is 8.83. The molecule has 1 aliphatic heterocycles. The summed E-state index contributed by atoms with van der Waals surface area (Å²) >= 11 is 0. The van der Waals surface area contributed by atoms with E-state index in [1.165, 1.54) is 6.07 Å². The zero-order valence-electron chi connectivity index (χ0n) is 15.2. The van der Waals surface area contributed by atoms with Crippen molar-refractivity contribution in [3.8, 4) is 0 Å². The van der Waals surface area contributed by atoms with E-state index in [4.69, 9.17) is 9.84 Å². The molecule has 0 amide bonds. The van der Waals surface area contributed by atoms with Gasteiger partial charge in [-0.3, -0.25) is 10.1 Å². The van der Waals surface area contributed by atoms with Crippen molar-refractivity contribution in [2.75, 3.05) is 24.6 Å². The second kappa shape index (κ2) is 7.13. The lowest BCUT2D eigenvalue weighted by Gasteiger charge is -2.15. The van der Waals surface area contributed by atoms with Crippen LogP contribution in [0.2, 0.25) is 25.7 Å². The number of aromatic nitrogens is 2. The topological polar surface area (TPSA) is 73.4 Å². The van der Waals surface area contributed by atoms with Crippen LogP contribution in [0.25, 0.3) is 10.9 Å². The molecule has 0 spiro atoms. The van der Waals surface area contributed by atoms with Crippen LogP contribution in [0, 0.1) is 10.1 Å². The Labute approximate surface area is 148 Å². The predicted octanol–water partition coefficient (Wildman–Crippen LogP) is 3.86. The second-order valence-corrected chi connectivity index (χ2v) is 13.4. The number of ether oxygens (including phenoxy) is 1. The zero-order valence-corrected chi connectivity index (χ0v) is 16.2. The van der Waals surface area contributed by atoms with Crippen molar-refractivity contribution in [1.29, 1.82) is 0 Å². The van der Waals surface area contributed by atoms with Gasteiger partial charge in [-0.05, 0) is 25.0 Å². The van der Waals surface area contributed by atoms with E-state index in [9.17, 15) is 10.1 Å². The van der Waals surface area contributed by atoms with E-state index in [1.54, 1.807) is 12.1 Å². The Hall–Kier alpha value is -1.93. The molecule has 0 radical (unpaired) electrons. The summed E-state index contributed by atoms with van der Waals surface area (Å²) in [5, 5.41) is 16.7. The third-order valence-corrected chi connectivity index (χ3v) is 6.25. The molecule has 8 heteroatoms. The second-order valence-electron chi connectivity index (χ2n) is 7.82. The van der Waals surface area contributed by atoms with E-state index in [1.807, 2.05) is 4.68 Å². The van der Waals surface area contributed by atoms with Crippen molar-refractivity contribution in [3.63, 3.8) is 0 Å². The van der Waals surface area contributed by atoms with Crippen LogP contribution in [0.3, 0.4) is 0 Å². The first-order chi connectivity index (χ1) is 11.8. The summed E-state index contributed by atoms with van der Waals surface area (Å²) in [6.07, 6.45) is 2.27. The highest BCUT2D eigenvalue weighted by atomic mass is 28.3. The molecule has 136 valence electrons. The molecule has 25 heavy (non-hydrogen) atoms. The maximum Gasteiger partial charge on any atom is 0.270 e. The molecule has 7 nitrogen and oxygen atoms in total. The Morgan fingerprint density at radius 3 is 2.64 bits per heavy atom. The van der Waals surface area contributed by atoms with Gasteiger partial charge < -0.3 is 9.64 Å². The molecular weight excluding hydrogens is 336 g/mol. The monoisotopic (exact) mass is 362 g/mol.